The molecule has 0 spiro atoms. The minimum atomic E-state index is -0.385. The Morgan fingerprint density at radius 3 is 2.43 bits per heavy atom. The van der Waals surface area contributed by atoms with Crippen LogP contribution in [0.2, 0.25) is 10.0 Å². The normalized spacial score (nSPS) is 15.0. The highest BCUT2D eigenvalue weighted by atomic mass is 35.5. The number of ether oxygens (including phenoxy) is 1. The van der Waals surface area contributed by atoms with Crippen molar-refractivity contribution in [2.75, 3.05) is 20.2 Å². The van der Waals surface area contributed by atoms with Crippen LogP contribution in [0.5, 0.6) is 5.75 Å². The van der Waals surface area contributed by atoms with E-state index in [1.54, 1.807) is 55.7 Å². The topological polar surface area (TPSA) is 75.7 Å². The van der Waals surface area contributed by atoms with Crippen molar-refractivity contribution in [3.63, 3.8) is 0 Å². The van der Waals surface area contributed by atoms with Crippen LogP contribution in [0.15, 0.2) is 47.4 Å². The number of amides is 3. The number of nitrogens with zero attached hydrogens (tertiary/aromatic N) is 1. The average Bonchev–Trinajstić information content (AvgIpc) is 2.99. The van der Waals surface area contributed by atoms with Gasteiger partial charge >= 0.3 is 0 Å². The molecule has 0 aromatic heterocycles. The summed E-state index contributed by atoms with van der Waals surface area (Å²) >= 11 is 13.0. The third kappa shape index (κ3) is 5.36. The molecule has 1 saturated heterocycles. The van der Waals surface area contributed by atoms with Crippen molar-refractivity contribution in [2.45, 2.75) is 6.42 Å². The van der Waals surface area contributed by atoms with Crippen molar-refractivity contribution < 1.29 is 19.1 Å². The second-order valence-corrected chi connectivity index (χ2v) is 8.14. The lowest BCUT2D eigenvalue weighted by Gasteiger charge is -2.13. The van der Waals surface area contributed by atoms with E-state index in [0.717, 1.165) is 22.2 Å². The van der Waals surface area contributed by atoms with E-state index in [2.05, 4.69) is 5.32 Å². The molecule has 0 atom stereocenters. The first-order chi connectivity index (χ1) is 14.4. The van der Waals surface area contributed by atoms with E-state index < -0.39 is 0 Å². The van der Waals surface area contributed by atoms with Gasteiger partial charge in [-0.15, -0.1) is 0 Å². The Hall–Kier alpha value is -2.48. The number of hydrogen-bond donors (Lipinski definition) is 1. The summed E-state index contributed by atoms with van der Waals surface area (Å²) in [5, 5.41) is 3.13. The predicted molar refractivity (Wildman–Crippen MR) is 119 cm³/mol. The van der Waals surface area contributed by atoms with E-state index in [4.69, 9.17) is 27.9 Å². The van der Waals surface area contributed by atoms with Gasteiger partial charge in [-0.05, 0) is 53.2 Å². The van der Waals surface area contributed by atoms with E-state index in [0.29, 0.717) is 26.3 Å². The highest BCUT2D eigenvalue weighted by molar-refractivity contribution is 8.18. The number of imide groups is 1. The fourth-order valence-corrected chi connectivity index (χ4v) is 4.17. The number of thioether (sulfide) groups is 1. The number of benzene rings is 2. The zero-order chi connectivity index (χ0) is 21.7. The van der Waals surface area contributed by atoms with Crippen molar-refractivity contribution in [1.29, 1.82) is 0 Å². The molecule has 0 saturated carbocycles. The summed E-state index contributed by atoms with van der Waals surface area (Å²) in [6, 6.07) is 12.2. The first kappa shape index (κ1) is 22.2. The maximum absolute atomic E-state index is 12.5. The molecule has 1 aliphatic rings. The number of carbonyl (C=O) groups is 3. The number of nitrogens with one attached hydrogen (secondary N) is 1. The van der Waals surface area contributed by atoms with Crippen molar-refractivity contribution >= 4 is 58.1 Å². The summed E-state index contributed by atoms with van der Waals surface area (Å²) in [6.07, 6.45) is 1.67. The summed E-state index contributed by atoms with van der Waals surface area (Å²) in [7, 11) is 1.57. The zero-order valence-electron chi connectivity index (χ0n) is 16.0. The summed E-state index contributed by atoms with van der Waals surface area (Å²) in [6.45, 7) is 0.210. The molecule has 1 heterocycles. The second kappa shape index (κ2) is 10.0. The third-order valence-corrected chi connectivity index (χ3v) is 5.96. The van der Waals surface area contributed by atoms with Gasteiger partial charge in [0.25, 0.3) is 11.1 Å². The molecule has 0 radical (unpaired) electrons. The van der Waals surface area contributed by atoms with Gasteiger partial charge in [-0.25, -0.2) is 0 Å². The Kier molecular flexibility index (Phi) is 7.42. The second-order valence-electron chi connectivity index (χ2n) is 6.33. The quantitative estimate of drug-likeness (QED) is 0.614. The monoisotopic (exact) mass is 464 g/mol. The molecule has 3 rings (SSSR count). The highest BCUT2D eigenvalue weighted by Crippen LogP contribution is 2.32. The number of carbonyl (C=O) groups excluding carboxylic acids is 3. The highest BCUT2D eigenvalue weighted by Gasteiger charge is 2.34. The third-order valence-electron chi connectivity index (χ3n) is 4.34. The smallest absolute Gasteiger partial charge is 0.293 e. The number of hydrogen-bond acceptors (Lipinski definition) is 5. The molecular weight excluding hydrogens is 447 g/mol. The summed E-state index contributed by atoms with van der Waals surface area (Å²) in [4.78, 5) is 38.4. The molecule has 3 amide bonds. The van der Waals surface area contributed by atoms with Crippen molar-refractivity contribution in [3.8, 4) is 5.75 Å². The molecule has 2 aromatic rings. The number of halogens is 2. The van der Waals surface area contributed by atoms with Gasteiger partial charge < -0.3 is 10.1 Å². The molecule has 1 fully saturated rings. The fourth-order valence-electron chi connectivity index (χ4n) is 2.78. The predicted octanol–water partition coefficient (Wildman–Crippen LogP) is 4.40. The fraction of sp³-hybridized carbons (Fsp3) is 0.190. The first-order valence-corrected chi connectivity index (χ1v) is 10.6. The maximum atomic E-state index is 12.5. The molecule has 1 aliphatic heterocycles. The molecule has 0 bridgehead atoms. The average molecular weight is 465 g/mol. The van der Waals surface area contributed by atoms with E-state index >= 15 is 0 Å². The van der Waals surface area contributed by atoms with E-state index in [9.17, 15) is 14.4 Å². The van der Waals surface area contributed by atoms with E-state index in [1.807, 2.05) is 0 Å². The van der Waals surface area contributed by atoms with Gasteiger partial charge in [0.15, 0.2) is 0 Å². The lowest BCUT2D eigenvalue weighted by atomic mass is 10.1. The Balaban J connectivity index is 1.55. The Morgan fingerprint density at radius 1 is 1.13 bits per heavy atom. The Labute approximate surface area is 188 Å². The molecule has 30 heavy (non-hydrogen) atoms. The van der Waals surface area contributed by atoms with Crippen molar-refractivity contribution in [3.05, 3.63) is 68.5 Å². The maximum Gasteiger partial charge on any atom is 0.293 e. The molecular formula is C21H18Cl2N2O4S. The van der Waals surface area contributed by atoms with Crippen LogP contribution in [0, 0.1) is 0 Å². The zero-order valence-corrected chi connectivity index (χ0v) is 18.3. The van der Waals surface area contributed by atoms with Gasteiger partial charge in [0.1, 0.15) is 5.75 Å². The Morgan fingerprint density at radius 2 is 1.80 bits per heavy atom. The van der Waals surface area contributed by atoms with Gasteiger partial charge in [0.05, 0.1) is 18.4 Å². The largest absolute Gasteiger partial charge is 0.497 e. The summed E-state index contributed by atoms with van der Waals surface area (Å²) in [5.41, 5.74) is 1.32. The first-order valence-electron chi connectivity index (χ1n) is 8.98. The standard InChI is InChI=1S/C21H18Cl2N2O4S/c1-29-14-7-5-13(6-8-14)11-18-20(27)25(21(28)30-18)10-9-24-19(26)12-15-16(22)3-2-4-17(15)23/h2-8,11H,9-10,12H2,1H3,(H,24,26)/b18-11-. The van der Waals surface area contributed by atoms with Gasteiger partial charge in [0.2, 0.25) is 5.91 Å². The minimum absolute atomic E-state index is 0.0117. The molecule has 1 N–H and O–H groups in total. The Bertz CT molecular complexity index is 988. The summed E-state index contributed by atoms with van der Waals surface area (Å²) < 4.78 is 5.10. The molecule has 9 heteroatoms. The molecule has 0 unspecified atom stereocenters. The van der Waals surface area contributed by atoms with Crippen LogP contribution in [-0.2, 0) is 16.0 Å². The van der Waals surface area contributed by atoms with Gasteiger partial charge in [0, 0.05) is 23.1 Å². The lowest BCUT2D eigenvalue weighted by Crippen LogP contribution is -2.37. The van der Waals surface area contributed by atoms with Crippen LogP contribution in [-0.4, -0.2) is 42.2 Å². The van der Waals surface area contributed by atoms with Gasteiger partial charge in [-0.1, -0.05) is 41.4 Å². The van der Waals surface area contributed by atoms with Crippen LogP contribution in [0.25, 0.3) is 6.08 Å². The number of methoxy groups -OCH3 is 1. The lowest BCUT2D eigenvalue weighted by molar-refractivity contribution is -0.124. The van der Waals surface area contributed by atoms with E-state index in [1.165, 1.54) is 0 Å². The van der Waals surface area contributed by atoms with Crippen LogP contribution < -0.4 is 10.1 Å². The van der Waals surface area contributed by atoms with Gasteiger partial charge in [-0.2, -0.15) is 0 Å². The molecule has 156 valence electrons. The SMILES string of the molecule is COc1ccc(/C=C2\SC(=O)N(CCNC(=O)Cc3c(Cl)cccc3Cl)C2=O)cc1. The van der Waals surface area contributed by atoms with Crippen LogP contribution >= 0.6 is 35.0 Å². The van der Waals surface area contributed by atoms with E-state index in [-0.39, 0.29) is 36.6 Å². The molecule has 2 aromatic carbocycles. The molecule has 0 aliphatic carbocycles. The minimum Gasteiger partial charge on any atom is -0.497 e. The van der Waals surface area contributed by atoms with Crippen LogP contribution in [0.4, 0.5) is 4.79 Å². The molecule has 6 nitrogen and oxygen atoms in total. The van der Waals surface area contributed by atoms with Gasteiger partial charge in [-0.3, -0.25) is 19.3 Å². The van der Waals surface area contributed by atoms with Crippen molar-refractivity contribution in [2.24, 2.45) is 0 Å². The van der Waals surface area contributed by atoms with Crippen LogP contribution in [0.3, 0.4) is 0 Å². The van der Waals surface area contributed by atoms with Crippen LogP contribution in [0.1, 0.15) is 11.1 Å². The summed E-state index contributed by atoms with van der Waals surface area (Å²) in [5.74, 6) is 0.0176. The number of rotatable bonds is 7. The van der Waals surface area contributed by atoms with Crippen molar-refractivity contribution in [1.82, 2.24) is 10.2 Å².